The number of thiocarbonyl (C=S) groups is 1. The molecule has 0 bridgehead atoms. The van der Waals surface area contributed by atoms with Crippen molar-refractivity contribution in [2.45, 2.75) is 6.92 Å². The number of methoxy groups -OCH3 is 1. The highest BCUT2D eigenvalue weighted by molar-refractivity contribution is 7.80. The van der Waals surface area contributed by atoms with E-state index in [0.29, 0.717) is 4.99 Å². The molecular weight excluding hydrogens is 270 g/mol. The highest BCUT2D eigenvalue weighted by Gasteiger charge is 2.19. The van der Waals surface area contributed by atoms with E-state index in [-0.39, 0.29) is 5.92 Å². The van der Waals surface area contributed by atoms with Gasteiger partial charge in [-0.25, -0.2) is 0 Å². The lowest BCUT2D eigenvalue weighted by Gasteiger charge is -2.37. The molecule has 1 atom stereocenters. The summed E-state index contributed by atoms with van der Waals surface area (Å²) in [6.45, 7) is 7.24. The topological polar surface area (TPSA) is 41.7 Å². The second-order valence-corrected chi connectivity index (χ2v) is 5.76. The fourth-order valence-corrected chi connectivity index (χ4v) is 2.53. The summed E-state index contributed by atoms with van der Waals surface area (Å²) in [5, 5.41) is 0. The number of hydrogen-bond acceptors (Lipinski definition) is 4. The summed E-state index contributed by atoms with van der Waals surface area (Å²) >= 11 is 5.04. The lowest BCUT2D eigenvalue weighted by Crippen LogP contribution is -2.48. The minimum atomic E-state index is 0.289. The fraction of sp³-hybridized carbons (Fsp3) is 0.533. The minimum Gasteiger partial charge on any atom is -0.497 e. The largest absolute Gasteiger partial charge is 0.497 e. The minimum absolute atomic E-state index is 0.289. The Morgan fingerprint density at radius 1 is 1.25 bits per heavy atom. The van der Waals surface area contributed by atoms with E-state index < -0.39 is 0 Å². The molecule has 4 nitrogen and oxygen atoms in total. The van der Waals surface area contributed by atoms with Gasteiger partial charge >= 0.3 is 0 Å². The highest BCUT2D eigenvalue weighted by Crippen LogP contribution is 2.20. The molecule has 0 spiro atoms. The number of anilines is 1. The first kappa shape index (κ1) is 15.1. The van der Waals surface area contributed by atoms with Gasteiger partial charge in [-0.3, -0.25) is 4.90 Å². The normalized spacial score (nSPS) is 17.8. The summed E-state index contributed by atoms with van der Waals surface area (Å²) in [5.41, 5.74) is 6.94. The first-order valence-corrected chi connectivity index (χ1v) is 7.41. The Bertz CT molecular complexity index is 441. The molecular formula is C15H23N3OS. The first-order valence-electron chi connectivity index (χ1n) is 7.01. The van der Waals surface area contributed by atoms with Crippen molar-refractivity contribution < 1.29 is 4.74 Å². The SMILES string of the molecule is COc1ccc(N2CCN(CC(C)C(N)=S)CC2)cc1. The average molecular weight is 293 g/mol. The van der Waals surface area contributed by atoms with Crippen LogP contribution in [0.1, 0.15) is 6.92 Å². The lowest BCUT2D eigenvalue weighted by molar-refractivity contribution is 0.244. The van der Waals surface area contributed by atoms with Gasteiger partial charge in [0.2, 0.25) is 0 Å². The van der Waals surface area contributed by atoms with Crippen LogP contribution in [0, 0.1) is 5.92 Å². The molecule has 0 saturated carbocycles. The van der Waals surface area contributed by atoms with Gasteiger partial charge in [0.15, 0.2) is 0 Å². The number of benzene rings is 1. The van der Waals surface area contributed by atoms with E-state index in [2.05, 4.69) is 28.9 Å². The summed E-state index contributed by atoms with van der Waals surface area (Å²) in [5.74, 6) is 1.19. The van der Waals surface area contributed by atoms with Gasteiger partial charge in [-0.15, -0.1) is 0 Å². The van der Waals surface area contributed by atoms with Crippen LogP contribution in [0.5, 0.6) is 5.75 Å². The molecule has 1 aromatic rings. The van der Waals surface area contributed by atoms with Crippen LogP contribution in [-0.4, -0.2) is 49.7 Å². The summed E-state index contributed by atoms with van der Waals surface area (Å²) in [7, 11) is 1.69. The number of ether oxygens (including phenoxy) is 1. The van der Waals surface area contributed by atoms with Gasteiger partial charge in [-0.2, -0.15) is 0 Å². The van der Waals surface area contributed by atoms with Gasteiger partial charge in [-0.05, 0) is 24.3 Å². The van der Waals surface area contributed by atoms with E-state index in [9.17, 15) is 0 Å². The lowest BCUT2D eigenvalue weighted by atomic mass is 10.1. The molecule has 1 aliphatic heterocycles. The molecule has 0 amide bonds. The van der Waals surface area contributed by atoms with E-state index in [1.807, 2.05) is 12.1 Å². The maximum Gasteiger partial charge on any atom is 0.119 e. The van der Waals surface area contributed by atoms with Crippen LogP contribution in [0.3, 0.4) is 0 Å². The predicted octanol–water partition coefficient (Wildman–Crippen LogP) is 1.74. The van der Waals surface area contributed by atoms with Crippen LogP contribution < -0.4 is 15.4 Å². The fourth-order valence-electron chi connectivity index (χ4n) is 2.46. The molecule has 0 aliphatic carbocycles. The third-order valence-corrected chi connectivity index (χ3v) is 4.23. The van der Waals surface area contributed by atoms with E-state index in [1.54, 1.807) is 7.11 Å². The van der Waals surface area contributed by atoms with Gasteiger partial charge in [0.05, 0.1) is 12.1 Å². The highest BCUT2D eigenvalue weighted by atomic mass is 32.1. The summed E-state index contributed by atoms with van der Waals surface area (Å²) < 4.78 is 5.19. The Morgan fingerprint density at radius 3 is 2.35 bits per heavy atom. The van der Waals surface area contributed by atoms with Crippen molar-refractivity contribution in [1.82, 2.24) is 4.90 Å². The Morgan fingerprint density at radius 2 is 1.85 bits per heavy atom. The van der Waals surface area contributed by atoms with Crippen molar-refractivity contribution >= 4 is 22.9 Å². The molecule has 1 unspecified atom stereocenters. The van der Waals surface area contributed by atoms with E-state index in [0.717, 1.165) is 38.5 Å². The zero-order valence-electron chi connectivity index (χ0n) is 12.2. The van der Waals surface area contributed by atoms with Gasteiger partial charge in [-0.1, -0.05) is 19.1 Å². The summed E-state index contributed by atoms with van der Waals surface area (Å²) in [6.07, 6.45) is 0. The second-order valence-electron chi connectivity index (χ2n) is 5.29. The van der Waals surface area contributed by atoms with Gasteiger partial charge in [0.1, 0.15) is 5.75 Å². The van der Waals surface area contributed by atoms with Crippen molar-refractivity contribution in [2.75, 3.05) is 44.7 Å². The molecule has 1 aromatic carbocycles. The van der Waals surface area contributed by atoms with Crippen LogP contribution in [0.4, 0.5) is 5.69 Å². The van der Waals surface area contributed by atoms with Crippen molar-refractivity contribution in [3.63, 3.8) is 0 Å². The number of nitrogens with zero attached hydrogens (tertiary/aromatic N) is 2. The maximum atomic E-state index is 5.68. The van der Waals surface area contributed by atoms with Crippen molar-refractivity contribution in [3.8, 4) is 5.75 Å². The molecule has 1 heterocycles. The number of rotatable bonds is 5. The zero-order chi connectivity index (χ0) is 14.5. The Kier molecular flexibility index (Phi) is 5.20. The van der Waals surface area contributed by atoms with Crippen LogP contribution in [-0.2, 0) is 0 Å². The van der Waals surface area contributed by atoms with Gasteiger partial charge < -0.3 is 15.4 Å². The third kappa shape index (κ3) is 3.84. The molecule has 2 N–H and O–H groups in total. The molecule has 5 heteroatoms. The summed E-state index contributed by atoms with van der Waals surface area (Å²) in [4.78, 5) is 5.45. The molecule has 0 aromatic heterocycles. The zero-order valence-corrected chi connectivity index (χ0v) is 13.0. The van der Waals surface area contributed by atoms with Crippen molar-refractivity contribution in [3.05, 3.63) is 24.3 Å². The van der Waals surface area contributed by atoms with Crippen LogP contribution in [0.2, 0.25) is 0 Å². The Balaban J connectivity index is 1.85. The smallest absolute Gasteiger partial charge is 0.119 e. The number of hydrogen-bond donors (Lipinski definition) is 1. The number of nitrogens with two attached hydrogens (primary N) is 1. The average Bonchev–Trinajstić information content (AvgIpc) is 2.48. The Hall–Kier alpha value is -1.33. The quantitative estimate of drug-likeness (QED) is 0.838. The molecule has 1 saturated heterocycles. The molecule has 20 heavy (non-hydrogen) atoms. The van der Waals surface area contributed by atoms with E-state index >= 15 is 0 Å². The van der Waals surface area contributed by atoms with Crippen molar-refractivity contribution in [1.29, 1.82) is 0 Å². The number of piperazine rings is 1. The second kappa shape index (κ2) is 6.90. The van der Waals surface area contributed by atoms with Crippen LogP contribution in [0.15, 0.2) is 24.3 Å². The van der Waals surface area contributed by atoms with Gasteiger partial charge in [0.25, 0.3) is 0 Å². The van der Waals surface area contributed by atoms with Crippen LogP contribution in [0.25, 0.3) is 0 Å². The maximum absolute atomic E-state index is 5.68. The molecule has 1 aliphatic rings. The molecule has 0 radical (unpaired) electrons. The molecule has 2 rings (SSSR count). The third-order valence-electron chi connectivity index (χ3n) is 3.83. The molecule has 1 fully saturated rings. The van der Waals surface area contributed by atoms with Gasteiger partial charge in [0, 0.05) is 44.3 Å². The Labute approximate surface area is 126 Å². The monoisotopic (exact) mass is 293 g/mol. The van der Waals surface area contributed by atoms with E-state index in [1.165, 1.54) is 5.69 Å². The first-order chi connectivity index (χ1) is 9.60. The van der Waals surface area contributed by atoms with Crippen LogP contribution >= 0.6 is 12.2 Å². The molecule has 110 valence electrons. The van der Waals surface area contributed by atoms with E-state index in [4.69, 9.17) is 22.7 Å². The van der Waals surface area contributed by atoms with Crippen molar-refractivity contribution in [2.24, 2.45) is 11.7 Å². The standard InChI is InChI=1S/C15H23N3OS/c1-12(15(16)20)11-17-7-9-18(10-8-17)13-3-5-14(19-2)6-4-13/h3-6,12H,7-11H2,1-2H3,(H2,16,20). The summed E-state index contributed by atoms with van der Waals surface area (Å²) in [6, 6.07) is 8.26. The predicted molar refractivity (Wildman–Crippen MR) is 87.6 cm³/mol.